The van der Waals surface area contributed by atoms with Crippen LogP contribution in [-0.4, -0.2) is 6.04 Å². The highest BCUT2D eigenvalue weighted by atomic mass is 35.5. The van der Waals surface area contributed by atoms with E-state index >= 15 is 0 Å². The third kappa shape index (κ3) is 3.29. The molecular formula is C16H23ClFN. The van der Waals surface area contributed by atoms with Crippen molar-refractivity contribution in [3.63, 3.8) is 0 Å². The summed E-state index contributed by atoms with van der Waals surface area (Å²) >= 11 is 5.85. The molecule has 0 saturated heterocycles. The Morgan fingerprint density at radius 2 is 2.16 bits per heavy atom. The smallest absolute Gasteiger partial charge is 0.141 e. The van der Waals surface area contributed by atoms with Gasteiger partial charge in [-0.15, -0.1) is 0 Å². The second kappa shape index (κ2) is 6.23. The van der Waals surface area contributed by atoms with E-state index in [-0.39, 0.29) is 16.9 Å². The van der Waals surface area contributed by atoms with E-state index in [0.29, 0.717) is 12.0 Å². The SMILES string of the molecule is CCC1CCC(NC(C)c2ccc(F)c(Cl)c2)C1C. The van der Waals surface area contributed by atoms with Crippen LogP contribution in [0.25, 0.3) is 0 Å². The first kappa shape index (κ1) is 14.8. The molecule has 0 bridgehead atoms. The Balaban J connectivity index is 2.01. The predicted octanol–water partition coefficient (Wildman–Crippen LogP) is 4.95. The molecule has 1 N–H and O–H groups in total. The molecule has 1 aromatic carbocycles. The molecule has 1 fully saturated rings. The average Bonchev–Trinajstić information content (AvgIpc) is 2.73. The van der Waals surface area contributed by atoms with Gasteiger partial charge in [0.05, 0.1) is 5.02 Å². The van der Waals surface area contributed by atoms with E-state index in [9.17, 15) is 4.39 Å². The first-order valence-corrected chi connectivity index (χ1v) is 7.61. The summed E-state index contributed by atoms with van der Waals surface area (Å²) in [7, 11) is 0. The first-order valence-electron chi connectivity index (χ1n) is 7.24. The molecule has 4 atom stereocenters. The lowest BCUT2D eigenvalue weighted by molar-refractivity contribution is 0.327. The third-order valence-corrected chi connectivity index (χ3v) is 4.95. The minimum Gasteiger partial charge on any atom is -0.307 e. The molecule has 0 aromatic heterocycles. The number of nitrogens with one attached hydrogen (secondary N) is 1. The maximum Gasteiger partial charge on any atom is 0.141 e. The van der Waals surface area contributed by atoms with Crippen molar-refractivity contribution in [2.24, 2.45) is 11.8 Å². The predicted molar refractivity (Wildman–Crippen MR) is 78.9 cm³/mol. The van der Waals surface area contributed by atoms with Crippen LogP contribution in [0.5, 0.6) is 0 Å². The van der Waals surface area contributed by atoms with Crippen LogP contribution in [0, 0.1) is 17.7 Å². The zero-order valence-corrected chi connectivity index (χ0v) is 12.7. The van der Waals surface area contributed by atoms with Crippen LogP contribution in [0.1, 0.15) is 51.6 Å². The van der Waals surface area contributed by atoms with Gasteiger partial charge in [0.1, 0.15) is 5.82 Å². The summed E-state index contributed by atoms with van der Waals surface area (Å²) in [6, 6.07) is 5.76. The van der Waals surface area contributed by atoms with Crippen molar-refractivity contribution in [1.82, 2.24) is 5.32 Å². The van der Waals surface area contributed by atoms with Crippen molar-refractivity contribution in [2.45, 2.75) is 52.1 Å². The van der Waals surface area contributed by atoms with Gasteiger partial charge in [-0.1, -0.05) is 37.9 Å². The Morgan fingerprint density at radius 3 is 2.74 bits per heavy atom. The Bertz CT molecular complexity index is 435. The zero-order chi connectivity index (χ0) is 14.0. The second-order valence-electron chi connectivity index (χ2n) is 5.77. The molecule has 1 aromatic rings. The zero-order valence-electron chi connectivity index (χ0n) is 11.9. The lowest BCUT2D eigenvalue weighted by Gasteiger charge is -2.25. The largest absolute Gasteiger partial charge is 0.307 e. The van der Waals surface area contributed by atoms with Crippen molar-refractivity contribution in [3.05, 3.63) is 34.6 Å². The van der Waals surface area contributed by atoms with E-state index in [2.05, 4.69) is 26.1 Å². The van der Waals surface area contributed by atoms with E-state index < -0.39 is 0 Å². The standard InChI is InChI=1S/C16H23ClFN/c1-4-12-6-8-16(10(12)2)19-11(3)13-5-7-15(18)14(17)9-13/h5,7,9-12,16,19H,4,6,8H2,1-3H3. The van der Waals surface area contributed by atoms with E-state index in [1.165, 1.54) is 25.3 Å². The van der Waals surface area contributed by atoms with Gasteiger partial charge in [0, 0.05) is 12.1 Å². The molecule has 1 aliphatic rings. The fraction of sp³-hybridized carbons (Fsp3) is 0.625. The quantitative estimate of drug-likeness (QED) is 0.824. The van der Waals surface area contributed by atoms with Crippen LogP contribution < -0.4 is 5.32 Å². The van der Waals surface area contributed by atoms with Crippen LogP contribution >= 0.6 is 11.6 Å². The normalized spacial score (nSPS) is 28.6. The van der Waals surface area contributed by atoms with Crippen LogP contribution in [0.2, 0.25) is 5.02 Å². The van der Waals surface area contributed by atoms with Gasteiger partial charge in [-0.25, -0.2) is 4.39 Å². The van der Waals surface area contributed by atoms with Crippen molar-refractivity contribution >= 4 is 11.6 Å². The summed E-state index contributed by atoms with van der Waals surface area (Å²) in [5, 5.41) is 3.88. The molecule has 0 aliphatic heterocycles. The van der Waals surface area contributed by atoms with Crippen molar-refractivity contribution in [3.8, 4) is 0 Å². The molecule has 0 spiro atoms. The molecule has 0 radical (unpaired) electrons. The van der Waals surface area contributed by atoms with Crippen molar-refractivity contribution in [1.29, 1.82) is 0 Å². The Labute approximate surface area is 120 Å². The maximum absolute atomic E-state index is 13.2. The van der Waals surface area contributed by atoms with Gasteiger partial charge in [-0.05, 0) is 49.3 Å². The monoisotopic (exact) mass is 283 g/mol. The van der Waals surface area contributed by atoms with Gasteiger partial charge in [-0.2, -0.15) is 0 Å². The molecule has 2 rings (SSSR count). The van der Waals surface area contributed by atoms with E-state index in [1.807, 2.05) is 6.07 Å². The Morgan fingerprint density at radius 1 is 1.42 bits per heavy atom. The maximum atomic E-state index is 13.2. The fourth-order valence-corrected chi connectivity index (χ4v) is 3.45. The molecule has 0 amide bonds. The molecule has 1 nitrogen and oxygen atoms in total. The molecule has 1 aliphatic carbocycles. The minimum absolute atomic E-state index is 0.206. The van der Waals surface area contributed by atoms with E-state index in [4.69, 9.17) is 11.6 Å². The molecule has 3 heteroatoms. The lowest BCUT2D eigenvalue weighted by atomic mass is 9.93. The topological polar surface area (TPSA) is 12.0 Å². The van der Waals surface area contributed by atoms with Crippen LogP contribution in [0.15, 0.2) is 18.2 Å². The fourth-order valence-electron chi connectivity index (χ4n) is 3.26. The highest BCUT2D eigenvalue weighted by molar-refractivity contribution is 6.30. The highest BCUT2D eigenvalue weighted by Crippen LogP contribution is 2.35. The van der Waals surface area contributed by atoms with Crippen molar-refractivity contribution in [2.75, 3.05) is 0 Å². The summed E-state index contributed by atoms with van der Waals surface area (Å²) in [4.78, 5) is 0. The van der Waals surface area contributed by atoms with Gasteiger partial charge in [0.25, 0.3) is 0 Å². The number of halogens is 2. The molecular weight excluding hydrogens is 261 g/mol. The second-order valence-corrected chi connectivity index (χ2v) is 6.18. The summed E-state index contributed by atoms with van der Waals surface area (Å²) in [6.45, 7) is 6.73. The Kier molecular flexibility index (Phi) is 4.86. The van der Waals surface area contributed by atoms with Crippen LogP contribution in [-0.2, 0) is 0 Å². The number of hydrogen-bond acceptors (Lipinski definition) is 1. The molecule has 4 unspecified atom stereocenters. The van der Waals surface area contributed by atoms with Gasteiger partial charge >= 0.3 is 0 Å². The van der Waals surface area contributed by atoms with E-state index in [0.717, 1.165) is 11.5 Å². The average molecular weight is 284 g/mol. The van der Waals surface area contributed by atoms with Gasteiger partial charge in [0.2, 0.25) is 0 Å². The summed E-state index contributed by atoms with van der Waals surface area (Å²) < 4.78 is 13.2. The van der Waals surface area contributed by atoms with Crippen molar-refractivity contribution < 1.29 is 4.39 Å². The van der Waals surface area contributed by atoms with E-state index in [1.54, 1.807) is 6.07 Å². The van der Waals surface area contributed by atoms with Crippen LogP contribution in [0.3, 0.4) is 0 Å². The highest BCUT2D eigenvalue weighted by Gasteiger charge is 2.32. The summed E-state index contributed by atoms with van der Waals surface area (Å²) in [5.41, 5.74) is 1.05. The van der Waals surface area contributed by atoms with Gasteiger partial charge < -0.3 is 5.32 Å². The third-order valence-electron chi connectivity index (χ3n) is 4.66. The molecule has 19 heavy (non-hydrogen) atoms. The summed E-state index contributed by atoms with van der Waals surface area (Å²) in [5.74, 6) is 1.20. The summed E-state index contributed by atoms with van der Waals surface area (Å²) in [6.07, 6.45) is 3.81. The molecule has 0 heterocycles. The number of rotatable bonds is 4. The first-order chi connectivity index (χ1) is 9.02. The Hall–Kier alpha value is -0.600. The van der Waals surface area contributed by atoms with Crippen LogP contribution in [0.4, 0.5) is 4.39 Å². The minimum atomic E-state index is -0.349. The van der Waals surface area contributed by atoms with Gasteiger partial charge in [-0.3, -0.25) is 0 Å². The molecule has 106 valence electrons. The van der Waals surface area contributed by atoms with Gasteiger partial charge in [0.15, 0.2) is 0 Å². The number of benzene rings is 1. The number of hydrogen-bond donors (Lipinski definition) is 1. The molecule has 1 saturated carbocycles. The lowest BCUT2D eigenvalue weighted by Crippen LogP contribution is -2.34.